The molecule has 0 spiro atoms. The highest BCUT2D eigenvalue weighted by atomic mass is 15.3. The van der Waals surface area contributed by atoms with E-state index in [0.29, 0.717) is 0 Å². The van der Waals surface area contributed by atoms with E-state index in [4.69, 9.17) is 0 Å². The van der Waals surface area contributed by atoms with Gasteiger partial charge in [0.25, 0.3) is 0 Å². The van der Waals surface area contributed by atoms with Crippen LogP contribution in [0.4, 0.5) is 0 Å². The minimum Gasteiger partial charge on any atom is -0.323 e. The van der Waals surface area contributed by atoms with Crippen LogP contribution in [0.3, 0.4) is 0 Å². The highest BCUT2D eigenvalue weighted by Gasteiger charge is 2.46. The fourth-order valence-corrected chi connectivity index (χ4v) is 5.75. The maximum Gasteiger partial charge on any atom is 0.127 e. The Bertz CT molecular complexity index is 289. The summed E-state index contributed by atoms with van der Waals surface area (Å²) in [5.41, 5.74) is 0. The van der Waals surface area contributed by atoms with Gasteiger partial charge in [0.2, 0.25) is 0 Å². The van der Waals surface area contributed by atoms with E-state index in [1.54, 1.807) is 25.7 Å². The van der Waals surface area contributed by atoms with Gasteiger partial charge in [-0.25, -0.2) is 0 Å². The van der Waals surface area contributed by atoms with Gasteiger partial charge in [0.05, 0.1) is 12.1 Å². The highest BCUT2D eigenvalue weighted by Crippen LogP contribution is 2.43. The second-order valence-electron chi connectivity index (χ2n) is 7.58. The summed E-state index contributed by atoms with van der Waals surface area (Å²) >= 11 is 0. The van der Waals surface area contributed by atoms with Crippen LogP contribution in [-0.4, -0.2) is 38.3 Å². The van der Waals surface area contributed by atoms with Crippen molar-refractivity contribution < 1.29 is 9.80 Å². The minimum absolute atomic E-state index is 1.05. The maximum atomic E-state index is 2.00. The molecule has 0 radical (unpaired) electrons. The van der Waals surface area contributed by atoms with Crippen LogP contribution in [0.25, 0.3) is 0 Å². The first-order chi connectivity index (χ1) is 8.90. The highest BCUT2D eigenvalue weighted by molar-refractivity contribution is 4.90. The lowest BCUT2D eigenvalue weighted by molar-refractivity contribution is -1.03. The molecule has 0 aromatic heterocycles. The molecule has 2 heteroatoms. The molecule has 102 valence electrons. The first-order valence-electron chi connectivity index (χ1n) is 8.59. The second-order valence-corrected chi connectivity index (χ2v) is 7.58. The molecule has 1 saturated heterocycles. The van der Waals surface area contributed by atoms with Crippen molar-refractivity contribution in [3.05, 3.63) is 0 Å². The number of quaternary nitrogens is 2. The smallest absolute Gasteiger partial charge is 0.127 e. The van der Waals surface area contributed by atoms with Crippen LogP contribution >= 0.6 is 0 Å². The number of hydrogen-bond acceptors (Lipinski definition) is 0. The van der Waals surface area contributed by atoms with Crippen molar-refractivity contribution in [1.82, 2.24) is 0 Å². The van der Waals surface area contributed by atoms with Crippen LogP contribution in [-0.2, 0) is 0 Å². The van der Waals surface area contributed by atoms with Crippen LogP contribution < -0.4 is 9.80 Å². The number of fused-ring (bicyclic) bond motifs is 2. The molecule has 2 N–H and O–H groups in total. The summed E-state index contributed by atoms with van der Waals surface area (Å²) in [5, 5.41) is 0. The molecule has 0 amide bonds. The third-order valence-corrected chi connectivity index (χ3v) is 6.73. The second kappa shape index (κ2) is 4.79. The van der Waals surface area contributed by atoms with E-state index in [-0.39, 0.29) is 0 Å². The van der Waals surface area contributed by atoms with E-state index < -0.39 is 0 Å². The first kappa shape index (κ1) is 11.7. The summed E-state index contributed by atoms with van der Waals surface area (Å²) in [4.78, 5) is 3.98. The predicted octanol–water partition coefficient (Wildman–Crippen LogP) is -0.0990. The van der Waals surface area contributed by atoms with Crippen LogP contribution in [0, 0.1) is 11.8 Å². The number of piperazine rings is 1. The molecule has 3 atom stereocenters. The van der Waals surface area contributed by atoms with Gasteiger partial charge in [0.15, 0.2) is 0 Å². The quantitative estimate of drug-likeness (QED) is 0.677. The zero-order chi connectivity index (χ0) is 11.9. The first-order valence-corrected chi connectivity index (χ1v) is 8.59. The van der Waals surface area contributed by atoms with E-state index >= 15 is 0 Å². The summed E-state index contributed by atoms with van der Waals surface area (Å²) in [5.74, 6) is 2.26. The van der Waals surface area contributed by atoms with Crippen LogP contribution in [0.15, 0.2) is 0 Å². The van der Waals surface area contributed by atoms with E-state index in [9.17, 15) is 0 Å². The standard InChI is InChI=1S/C16H28N2/c1-2-4-15(3-1)17-7-9-18(10-8-17)16-12-13-5-6-14(16)11-13/h13-16H,1-12H2/p+2/t13-,14+,16+/m0/s1. The molecule has 2 nitrogen and oxygen atoms in total. The molecule has 3 saturated carbocycles. The lowest BCUT2D eigenvalue weighted by Crippen LogP contribution is -3.31. The van der Waals surface area contributed by atoms with Gasteiger partial charge < -0.3 is 9.80 Å². The van der Waals surface area contributed by atoms with Crippen LogP contribution in [0.1, 0.15) is 51.4 Å². The normalized spacial score (nSPS) is 49.0. The van der Waals surface area contributed by atoms with Crippen LogP contribution in [0.5, 0.6) is 0 Å². The zero-order valence-electron chi connectivity index (χ0n) is 11.8. The Hall–Kier alpha value is -0.0800. The molecule has 3 aliphatic carbocycles. The lowest BCUT2D eigenvalue weighted by Gasteiger charge is -2.38. The van der Waals surface area contributed by atoms with Gasteiger partial charge in [0.1, 0.15) is 26.2 Å². The molecule has 18 heavy (non-hydrogen) atoms. The topological polar surface area (TPSA) is 8.88 Å². The molecule has 4 aliphatic rings. The molecular weight excluding hydrogens is 220 g/mol. The fraction of sp³-hybridized carbons (Fsp3) is 1.00. The van der Waals surface area contributed by atoms with Crippen molar-refractivity contribution in [1.29, 1.82) is 0 Å². The maximum absolute atomic E-state index is 2.00. The molecule has 4 rings (SSSR count). The summed E-state index contributed by atoms with van der Waals surface area (Å²) in [6.45, 7) is 5.93. The Morgan fingerprint density at radius 3 is 2.00 bits per heavy atom. The zero-order valence-corrected chi connectivity index (χ0v) is 11.8. The fourth-order valence-electron chi connectivity index (χ4n) is 5.75. The van der Waals surface area contributed by atoms with Gasteiger partial charge in [0, 0.05) is 12.3 Å². The van der Waals surface area contributed by atoms with E-state index in [0.717, 1.165) is 23.9 Å². The van der Waals surface area contributed by atoms with Crippen molar-refractivity contribution in [2.24, 2.45) is 11.8 Å². The summed E-state index contributed by atoms with van der Waals surface area (Å²) < 4.78 is 0. The minimum atomic E-state index is 1.05. The van der Waals surface area contributed by atoms with E-state index in [1.165, 1.54) is 51.9 Å². The Labute approximate surface area is 112 Å². The SMILES string of the molecule is C1CCC([NH+]2CC[NH+]([C@@H]3C[C@H]4CC[C@@H]3C4)CC2)C1. The molecule has 1 heterocycles. The molecule has 1 aliphatic heterocycles. The van der Waals surface area contributed by atoms with Gasteiger partial charge in [-0.2, -0.15) is 0 Å². The Kier molecular flexibility index (Phi) is 3.12. The largest absolute Gasteiger partial charge is 0.323 e. The van der Waals surface area contributed by atoms with E-state index in [1.807, 2.05) is 9.80 Å². The van der Waals surface area contributed by atoms with Crippen molar-refractivity contribution in [3.63, 3.8) is 0 Å². The molecule has 0 aromatic rings. The van der Waals surface area contributed by atoms with Crippen LogP contribution in [0.2, 0.25) is 0 Å². The lowest BCUT2D eigenvalue weighted by atomic mass is 9.93. The molecular formula is C16H30N2+2. The molecule has 0 aromatic carbocycles. The van der Waals surface area contributed by atoms with Gasteiger partial charge in [-0.15, -0.1) is 0 Å². The number of hydrogen-bond donors (Lipinski definition) is 2. The average Bonchev–Trinajstić information content (AvgIpc) is 3.16. The molecule has 2 bridgehead atoms. The Morgan fingerprint density at radius 1 is 0.667 bits per heavy atom. The average molecular weight is 250 g/mol. The number of nitrogens with one attached hydrogen (secondary N) is 2. The van der Waals surface area contributed by atoms with Gasteiger partial charge in [-0.3, -0.25) is 0 Å². The van der Waals surface area contributed by atoms with Gasteiger partial charge in [-0.05, 0) is 50.9 Å². The van der Waals surface area contributed by atoms with Crippen molar-refractivity contribution in [3.8, 4) is 0 Å². The van der Waals surface area contributed by atoms with Gasteiger partial charge >= 0.3 is 0 Å². The van der Waals surface area contributed by atoms with Crippen molar-refractivity contribution in [2.45, 2.75) is 63.5 Å². The van der Waals surface area contributed by atoms with Crippen molar-refractivity contribution in [2.75, 3.05) is 26.2 Å². The monoisotopic (exact) mass is 250 g/mol. The van der Waals surface area contributed by atoms with E-state index in [2.05, 4.69) is 0 Å². The number of rotatable bonds is 2. The Balaban J connectivity index is 1.32. The summed E-state index contributed by atoms with van der Waals surface area (Å²) in [7, 11) is 0. The summed E-state index contributed by atoms with van der Waals surface area (Å²) in [6, 6.07) is 2.13. The molecule has 4 fully saturated rings. The predicted molar refractivity (Wildman–Crippen MR) is 72.9 cm³/mol. The van der Waals surface area contributed by atoms with Gasteiger partial charge in [-0.1, -0.05) is 0 Å². The third kappa shape index (κ3) is 2.02. The Morgan fingerprint density at radius 2 is 1.39 bits per heavy atom. The third-order valence-electron chi connectivity index (χ3n) is 6.73. The molecule has 0 unspecified atom stereocenters. The van der Waals surface area contributed by atoms with Crippen molar-refractivity contribution >= 4 is 0 Å². The summed E-state index contributed by atoms with van der Waals surface area (Å²) in [6.07, 6.45) is 12.4.